The first-order chi connectivity index (χ1) is 10.0. The van der Waals surface area contributed by atoms with Gasteiger partial charge in [0.05, 0.1) is 5.56 Å². The van der Waals surface area contributed by atoms with Crippen molar-refractivity contribution in [3.63, 3.8) is 0 Å². The zero-order valence-corrected chi connectivity index (χ0v) is 12.7. The van der Waals surface area contributed by atoms with Gasteiger partial charge in [0.2, 0.25) is 0 Å². The summed E-state index contributed by atoms with van der Waals surface area (Å²) in [5, 5.41) is 3.41. The fraction of sp³-hybridized carbons (Fsp3) is 0.188. The van der Waals surface area contributed by atoms with Crippen molar-refractivity contribution in [1.82, 2.24) is 5.32 Å². The standard InChI is InChI=1S/C16H17ClN2O2/c1-3-19-16(20)13-6-4-11(18)9-15(13)21-12-5-7-14(17)10(2)8-12/h4-9H,3,18H2,1-2H3,(H,19,20). The Hall–Kier alpha value is -2.20. The van der Waals surface area contributed by atoms with Gasteiger partial charge in [-0.05, 0) is 49.7 Å². The van der Waals surface area contributed by atoms with Crippen LogP contribution in [0.5, 0.6) is 11.5 Å². The Morgan fingerprint density at radius 2 is 2.05 bits per heavy atom. The van der Waals surface area contributed by atoms with Crippen LogP contribution in [0.3, 0.4) is 0 Å². The number of nitrogen functional groups attached to an aromatic ring is 1. The first-order valence-corrected chi connectivity index (χ1v) is 7.00. The topological polar surface area (TPSA) is 64.4 Å². The van der Waals surface area contributed by atoms with Crippen molar-refractivity contribution >= 4 is 23.2 Å². The number of ether oxygens (including phenoxy) is 1. The first-order valence-electron chi connectivity index (χ1n) is 6.63. The molecule has 0 aromatic heterocycles. The third-order valence-corrected chi connectivity index (χ3v) is 3.37. The minimum atomic E-state index is -0.196. The van der Waals surface area contributed by atoms with Crippen LogP contribution in [0.1, 0.15) is 22.8 Å². The van der Waals surface area contributed by atoms with Crippen molar-refractivity contribution < 1.29 is 9.53 Å². The van der Waals surface area contributed by atoms with Crippen molar-refractivity contribution in [2.45, 2.75) is 13.8 Å². The minimum absolute atomic E-state index is 0.196. The van der Waals surface area contributed by atoms with E-state index in [0.717, 1.165) is 5.56 Å². The number of carbonyl (C=O) groups excluding carboxylic acids is 1. The molecule has 0 aliphatic carbocycles. The lowest BCUT2D eigenvalue weighted by atomic mass is 10.1. The molecule has 0 aliphatic heterocycles. The van der Waals surface area contributed by atoms with Crippen molar-refractivity contribution in [3.05, 3.63) is 52.5 Å². The van der Waals surface area contributed by atoms with E-state index >= 15 is 0 Å². The Bertz CT molecular complexity index is 671. The highest BCUT2D eigenvalue weighted by Crippen LogP contribution is 2.29. The van der Waals surface area contributed by atoms with Gasteiger partial charge in [-0.25, -0.2) is 0 Å². The minimum Gasteiger partial charge on any atom is -0.456 e. The molecule has 2 aromatic carbocycles. The molecule has 110 valence electrons. The van der Waals surface area contributed by atoms with E-state index in [2.05, 4.69) is 5.32 Å². The van der Waals surface area contributed by atoms with Gasteiger partial charge in [0.25, 0.3) is 5.91 Å². The van der Waals surface area contributed by atoms with Crippen LogP contribution in [-0.2, 0) is 0 Å². The number of hydrogen-bond donors (Lipinski definition) is 2. The average molecular weight is 305 g/mol. The molecule has 1 amide bonds. The second kappa shape index (κ2) is 6.50. The SMILES string of the molecule is CCNC(=O)c1ccc(N)cc1Oc1ccc(Cl)c(C)c1. The van der Waals surface area contributed by atoms with Gasteiger partial charge in [-0.15, -0.1) is 0 Å². The summed E-state index contributed by atoms with van der Waals surface area (Å²) in [6, 6.07) is 10.3. The van der Waals surface area contributed by atoms with Crippen LogP contribution in [0.15, 0.2) is 36.4 Å². The Kier molecular flexibility index (Phi) is 4.70. The fourth-order valence-corrected chi connectivity index (χ4v) is 1.99. The number of hydrogen-bond acceptors (Lipinski definition) is 3. The van der Waals surface area contributed by atoms with Gasteiger partial charge in [-0.2, -0.15) is 0 Å². The van der Waals surface area contributed by atoms with Crippen molar-refractivity contribution in [1.29, 1.82) is 0 Å². The number of anilines is 1. The Balaban J connectivity index is 2.35. The zero-order valence-electron chi connectivity index (χ0n) is 11.9. The molecule has 21 heavy (non-hydrogen) atoms. The molecule has 0 saturated heterocycles. The molecule has 0 bridgehead atoms. The van der Waals surface area contributed by atoms with Crippen LogP contribution >= 0.6 is 11.6 Å². The van der Waals surface area contributed by atoms with Gasteiger partial charge in [-0.3, -0.25) is 4.79 Å². The number of benzene rings is 2. The second-order valence-corrected chi connectivity index (χ2v) is 5.04. The van der Waals surface area contributed by atoms with Gasteiger partial charge >= 0.3 is 0 Å². The molecule has 2 rings (SSSR count). The maximum absolute atomic E-state index is 12.0. The van der Waals surface area contributed by atoms with Crippen LogP contribution in [0.25, 0.3) is 0 Å². The average Bonchev–Trinajstić information content (AvgIpc) is 2.43. The summed E-state index contributed by atoms with van der Waals surface area (Å²) in [4.78, 5) is 12.0. The lowest BCUT2D eigenvalue weighted by molar-refractivity contribution is 0.0953. The van der Waals surface area contributed by atoms with Gasteiger partial charge < -0.3 is 15.8 Å². The smallest absolute Gasteiger partial charge is 0.255 e. The molecule has 4 nitrogen and oxygen atoms in total. The molecule has 0 aliphatic rings. The largest absolute Gasteiger partial charge is 0.456 e. The maximum Gasteiger partial charge on any atom is 0.255 e. The highest BCUT2D eigenvalue weighted by molar-refractivity contribution is 6.31. The molecular weight excluding hydrogens is 288 g/mol. The Morgan fingerprint density at radius 3 is 2.71 bits per heavy atom. The molecule has 0 radical (unpaired) electrons. The normalized spacial score (nSPS) is 10.2. The number of halogens is 1. The molecule has 2 aromatic rings. The van der Waals surface area contributed by atoms with Crippen LogP contribution in [0, 0.1) is 6.92 Å². The molecule has 0 unspecified atom stereocenters. The third kappa shape index (κ3) is 3.67. The van der Waals surface area contributed by atoms with E-state index in [1.54, 1.807) is 30.3 Å². The maximum atomic E-state index is 12.0. The number of nitrogens with one attached hydrogen (secondary N) is 1. The lowest BCUT2D eigenvalue weighted by Crippen LogP contribution is -2.23. The third-order valence-electron chi connectivity index (χ3n) is 2.94. The summed E-state index contributed by atoms with van der Waals surface area (Å²) in [5.74, 6) is 0.828. The summed E-state index contributed by atoms with van der Waals surface area (Å²) in [5.41, 5.74) is 7.65. The van der Waals surface area contributed by atoms with Crippen molar-refractivity contribution in [3.8, 4) is 11.5 Å². The highest BCUT2D eigenvalue weighted by Gasteiger charge is 2.13. The van der Waals surface area contributed by atoms with Crippen molar-refractivity contribution in [2.75, 3.05) is 12.3 Å². The quantitative estimate of drug-likeness (QED) is 0.845. The van der Waals surface area contributed by atoms with Gasteiger partial charge in [0.15, 0.2) is 0 Å². The van der Waals surface area contributed by atoms with E-state index < -0.39 is 0 Å². The monoisotopic (exact) mass is 304 g/mol. The molecule has 0 atom stereocenters. The molecule has 0 spiro atoms. The van der Waals surface area contributed by atoms with E-state index in [1.165, 1.54) is 0 Å². The molecular formula is C16H17ClN2O2. The lowest BCUT2D eigenvalue weighted by Gasteiger charge is -2.12. The molecule has 3 N–H and O–H groups in total. The summed E-state index contributed by atoms with van der Waals surface area (Å²) in [7, 11) is 0. The van der Waals surface area contributed by atoms with Crippen LogP contribution in [0.4, 0.5) is 5.69 Å². The number of aryl methyl sites for hydroxylation is 1. The van der Waals surface area contributed by atoms with Crippen molar-refractivity contribution in [2.24, 2.45) is 0 Å². The summed E-state index contributed by atoms with van der Waals surface area (Å²) in [6.45, 7) is 4.29. The number of carbonyl (C=O) groups is 1. The molecule has 0 fully saturated rings. The predicted molar refractivity (Wildman–Crippen MR) is 85.1 cm³/mol. The molecule has 0 saturated carbocycles. The zero-order chi connectivity index (χ0) is 15.4. The number of rotatable bonds is 4. The van der Waals surface area contributed by atoms with Gasteiger partial charge in [-0.1, -0.05) is 11.6 Å². The fourth-order valence-electron chi connectivity index (χ4n) is 1.87. The summed E-state index contributed by atoms with van der Waals surface area (Å²) < 4.78 is 5.79. The summed E-state index contributed by atoms with van der Waals surface area (Å²) in [6.07, 6.45) is 0. The van der Waals surface area contributed by atoms with Gasteiger partial charge in [0, 0.05) is 23.3 Å². The van der Waals surface area contributed by atoms with Crippen LogP contribution in [-0.4, -0.2) is 12.5 Å². The van der Waals surface area contributed by atoms with Crippen LogP contribution < -0.4 is 15.8 Å². The van der Waals surface area contributed by atoms with E-state index in [1.807, 2.05) is 19.9 Å². The Morgan fingerprint density at radius 1 is 1.29 bits per heavy atom. The molecule has 0 heterocycles. The highest BCUT2D eigenvalue weighted by atomic mass is 35.5. The predicted octanol–water partition coefficient (Wildman–Crippen LogP) is 3.77. The van der Waals surface area contributed by atoms with E-state index in [0.29, 0.717) is 34.3 Å². The first kappa shape index (κ1) is 15.2. The number of nitrogens with two attached hydrogens (primary N) is 1. The van der Waals surface area contributed by atoms with Crippen LogP contribution in [0.2, 0.25) is 5.02 Å². The second-order valence-electron chi connectivity index (χ2n) is 4.63. The summed E-state index contributed by atoms with van der Waals surface area (Å²) >= 11 is 5.99. The Labute approximate surface area is 128 Å². The van der Waals surface area contributed by atoms with E-state index in [-0.39, 0.29) is 5.91 Å². The van der Waals surface area contributed by atoms with E-state index in [4.69, 9.17) is 22.1 Å². The number of amides is 1. The molecule has 5 heteroatoms. The van der Waals surface area contributed by atoms with E-state index in [9.17, 15) is 4.79 Å². The van der Waals surface area contributed by atoms with Gasteiger partial charge in [0.1, 0.15) is 11.5 Å².